The molecule has 0 saturated carbocycles. The number of hydrogen-bond acceptors (Lipinski definition) is 4. The Bertz CT molecular complexity index is 557. The van der Waals surface area contributed by atoms with Gasteiger partial charge in [0.05, 0.1) is 12.1 Å². The Morgan fingerprint density at radius 2 is 1.95 bits per heavy atom. The molecule has 0 amide bonds. The van der Waals surface area contributed by atoms with Crippen LogP contribution in [0, 0.1) is 0 Å². The number of rotatable bonds is 7. The number of ether oxygens (including phenoxy) is 1. The van der Waals surface area contributed by atoms with Crippen molar-refractivity contribution in [3.8, 4) is 5.75 Å². The van der Waals surface area contributed by atoms with Crippen LogP contribution in [0.4, 0.5) is 0 Å². The van der Waals surface area contributed by atoms with Crippen LogP contribution in [0.5, 0.6) is 5.75 Å². The van der Waals surface area contributed by atoms with Crippen LogP contribution in [0.25, 0.3) is 0 Å². The summed E-state index contributed by atoms with van der Waals surface area (Å²) in [4.78, 5) is -0.00641. The minimum atomic E-state index is -3.72. The van der Waals surface area contributed by atoms with Gasteiger partial charge < -0.3 is 10.5 Å². The van der Waals surface area contributed by atoms with E-state index in [1.54, 1.807) is 6.07 Å². The predicted octanol–water partition coefficient (Wildman–Crippen LogP) is 2.14. The molecule has 0 aliphatic heterocycles. The maximum absolute atomic E-state index is 12.3. The van der Waals surface area contributed by atoms with Gasteiger partial charge in [0.25, 0.3) is 0 Å². The molecule has 0 spiro atoms. The first-order chi connectivity index (χ1) is 9.28. The lowest BCUT2D eigenvalue weighted by Crippen LogP contribution is -2.49. The summed E-state index contributed by atoms with van der Waals surface area (Å²) < 4.78 is 32.1. The van der Waals surface area contributed by atoms with Gasteiger partial charge >= 0.3 is 0 Å². The molecule has 0 bridgehead atoms. The fourth-order valence-corrected chi connectivity index (χ4v) is 3.28. The standard InChI is InChI=1S/C13H21ClN2O3S/c1-4-13(15,5-2)9-16-20(17,18)12-8-10(19-3)6-7-11(12)14/h6-8,16H,4-5,9,15H2,1-3H3. The molecule has 0 atom stereocenters. The highest BCUT2D eigenvalue weighted by Gasteiger charge is 2.25. The minimum Gasteiger partial charge on any atom is -0.497 e. The Balaban J connectivity index is 3.00. The lowest BCUT2D eigenvalue weighted by molar-refractivity contribution is 0.391. The summed E-state index contributed by atoms with van der Waals surface area (Å²) in [5, 5.41) is 0.147. The van der Waals surface area contributed by atoms with E-state index in [9.17, 15) is 8.42 Å². The molecule has 0 radical (unpaired) electrons. The monoisotopic (exact) mass is 320 g/mol. The molecule has 5 nitrogen and oxygen atoms in total. The number of hydrogen-bond donors (Lipinski definition) is 2. The number of nitrogens with one attached hydrogen (secondary N) is 1. The zero-order valence-corrected chi connectivity index (χ0v) is 13.5. The van der Waals surface area contributed by atoms with E-state index in [4.69, 9.17) is 22.1 Å². The third-order valence-electron chi connectivity index (χ3n) is 3.45. The van der Waals surface area contributed by atoms with Crippen molar-refractivity contribution in [3.05, 3.63) is 23.2 Å². The molecule has 20 heavy (non-hydrogen) atoms. The summed E-state index contributed by atoms with van der Waals surface area (Å²) in [6, 6.07) is 4.48. The first-order valence-corrected chi connectivity index (χ1v) is 8.26. The molecule has 0 aliphatic carbocycles. The van der Waals surface area contributed by atoms with Crippen molar-refractivity contribution in [2.45, 2.75) is 37.1 Å². The quantitative estimate of drug-likeness (QED) is 0.806. The van der Waals surface area contributed by atoms with Crippen LogP contribution in [0.1, 0.15) is 26.7 Å². The summed E-state index contributed by atoms with van der Waals surface area (Å²) in [5.41, 5.74) is 5.53. The first-order valence-electron chi connectivity index (χ1n) is 6.40. The number of sulfonamides is 1. The zero-order valence-electron chi connectivity index (χ0n) is 11.9. The van der Waals surface area contributed by atoms with Gasteiger partial charge in [-0.2, -0.15) is 0 Å². The zero-order chi connectivity index (χ0) is 15.4. The van der Waals surface area contributed by atoms with Gasteiger partial charge in [0.15, 0.2) is 0 Å². The molecule has 1 rings (SSSR count). The molecule has 7 heteroatoms. The van der Waals surface area contributed by atoms with Crippen molar-refractivity contribution in [2.24, 2.45) is 5.73 Å². The van der Waals surface area contributed by atoms with Crippen molar-refractivity contribution >= 4 is 21.6 Å². The van der Waals surface area contributed by atoms with E-state index in [1.807, 2.05) is 13.8 Å². The van der Waals surface area contributed by atoms with E-state index in [2.05, 4.69) is 4.72 Å². The number of nitrogens with two attached hydrogens (primary N) is 1. The Morgan fingerprint density at radius 3 is 2.45 bits per heavy atom. The third-order valence-corrected chi connectivity index (χ3v) is 5.33. The summed E-state index contributed by atoms with van der Waals surface area (Å²) in [7, 11) is -2.25. The summed E-state index contributed by atoms with van der Waals surface area (Å²) in [6.45, 7) is 4.02. The molecular formula is C13H21ClN2O3S. The van der Waals surface area contributed by atoms with Crippen molar-refractivity contribution in [1.82, 2.24) is 4.72 Å². The number of benzene rings is 1. The predicted molar refractivity (Wildman–Crippen MR) is 80.7 cm³/mol. The maximum atomic E-state index is 12.3. The fraction of sp³-hybridized carbons (Fsp3) is 0.538. The molecule has 1 aromatic carbocycles. The highest BCUT2D eigenvalue weighted by molar-refractivity contribution is 7.89. The SMILES string of the molecule is CCC(N)(CC)CNS(=O)(=O)c1cc(OC)ccc1Cl. The topological polar surface area (TPSA) is 81.4 Å². The third kappa shape index (κ3) is 4.09. The van der Waals surface area contributed by atoms with Gasteiger partial charge in [-0.15, -0.1) is 0 Å². The average molecular weight is 321 g/mol. The molecule has 0 unspecified atom stereocenters. The van der Waals surface area contributed by atoms with E-state index in [0.29, 0.717) is 18.6 Å². The van der Waals surface area contributed by atoms with Crippen LogP contribution in [0.2, 0.25) is 5.02 Å². The molecular weight excluding hydrogens is 300 g/mol. The van der Waals surface area contributed by atoms with E-state index in [0.717, 1.165) is 0 Å². The molecule has 114 valence electrons. The molecule has 0 aliphatic rings. The first kappa shape index (κ1) is 17.2. The summed E-state index contributed by atoms with van der Waals surface area (Å²) in [6.07, 6.45) is 1.36. The second-order valence-electron chi connectivity index (χ2n) is 4.69. The Morgan fingerprint density at radius 1 is 1.35 bits per heavy atom. The molecule has 0 heterocycles. The highest BCUT2D eigenvalue weighted by atomic mass is 35.5. The van der Waals surface area contributed by atoms with Gasteiger partial charge in [-0.3, -0.25) is 0 Å². The number of halogens is 1. The second-order valence-corrected chi connectivity index (χ2v) is 6.83. The molecule has 1 aromatic rings. The Labute approximate surface area is 125 Å². The van der Waals surface area contributed by atoms with Gasteiger partial charge in [0.2, 0.25) is 10.0 Å². The largest absolute Gasteiger partial charge is 0.497 e. The maximum Gasteiger partial charge on any atom is 0.242 e. The summed E-state index contributed by atoms with van der Waals surface area (Å²) in [5.74, 6) is 0.430. The minimum absolute atomic E-state index is 0.00641. The van der Waals surface area contributed by atoms with Gasteiger partial charge in [0.1, 0.15) is 10.6 Å². The van der Waals surface area contributed by atoms with E-state index in [-0.39, 0.29) is 16.5 Å². The highest BCUT2D eigenvalue weighted by Crippen LogP contribution is 2.26. The van der Waals surface area contributed by atoms with Crippen LogP contribution in [0.3, 0.4) is 0 Å². The van der Waals surface area contributed by atoms with Crippen molar-refractivity contribution in [1.29, 1.82) is 0 Å². The van der Waals surface area contributed by atoms with E-state index in [1.165, 1.54) is 19.2 Å². The molecule has 0 fully saturated rings. The lowest BCUT2D eigenvalue weighted by atomic mass is 9.95. The van der Waals surface area contributed by atoms with Crippen LogP contribution >= 0.6 is 11.6 Å². The Kier molecular flexibility index (Phi) is 5.82. The normalized spacial score (nSPS) is 12.4. The van der Waals surface area contributed by atoms with Crippen molar-refractivity contribution in [3.63, 3.8) is 0 Å². The Hall–Kier alpha value is -0.820. The van der Waals surface area contributed by atoms with Crippen LogP contribution in [-0.4, -0.2) is 27.6 Å². The van der Waals surface area contributed by atoms with Gasteiger partial charge in [-0.25, -0.2) is 13.1 Å². The van der Waals surface area contributed by atoms with E-state index < -0.39 is 15.6 Å². The number of methoxy groups -OCH3 is 1. The summed E-state index contributed by atoms with van der Waals surface area (Å²) >= 11 is 5.95. The molecule has 3 N–H and O–H groups in total. The fourth-order valence-electron chi connectivity index (χ4n) is 1.63. The van der Waals surface area contributed by atoms with Gasteiger partial charge in [-0.05, 0) is 25.0 Å². The van der Waals surface area contributed by atoms with Crippen LogP contribution in [-0.2, 0) is 10.0 Å². The van der Waals surface area contributed by atoms with Gasteiger partial charge in [-0.1, -0.05) is 25.4 Å². The smallest absolute Gasteiger partial charge is 0.242 e. The van der Waals surface area contributed by atoms with Crippen molar-refractivity contribution in [2.75, 3.05) is 13.7 Å². The van der Waals surface area contributed by atoms with Crippen LogP contribution < -0.4 is 15.2 Å². The molecule has 0 saturated heterocycles. The lowest BCUT2D eigenvalue weighted by Gasteiger charge is -2.26. The van der Waals surface area contributed by atoms with E-state index >= 15 is 0 Å². The van der Waals surface area contributed by atoms with Crippen LogP contribution in [0.15, 0.2) is 23.1 Å². The second kappa shape index (κ2) is 6.76. The van der Waals surface area contributed by atoms with Gasteiger partial charge in [0, 0.05) is 18.2 Å². The van der Waals surface area contributed by atoms with Crippen molar-refractivity contribution < 1.29 is 13.2 Å². The average Bonchev–Trinajstić information content (AvgIpc) is 2.45. The molecule has 0 aromatic heterocycles.